The Morgan fingerprint density at radius 2 is 2.08 bits per heavy atom. The zero-order chi connectivity index (χ0) is 18.3. The van der Waals surface area contributed by atoms with Gasteiger partial charge in [0.2, 0.25) is 5.88 Å². The molecule has 2 rings (SSSR count). The maximum atomic E-state index is 12.1. The van der Waals surface area contributed by atoms with Gasteiger partial charge < -0.3 is 20.5 Å². The SMILES string of the molecule is COc1cccc(NC(N)=NCc2ccnc(OCC(F)(F)F)c2)c1. The van der Waals surface area contributed by atoms with Gasteiger partial charge in [0.05, 0.1) is 13.7 Å². The van der Waals surface area contributed by atoms with Crippen LogP contribution >= 0.6 is 0 Å². The Kier molecular flexibility index (Phi) is 6.04. The van der Waals surface area contributed by atoms with Gasteiger partial charge >= 0.3 is 6.18 Å². The number of nitrogens with two attached hydrogens (primary N) is 1. The molecule has 0 atom stereocenters. The molecule has 9 heteroatoms. The highest BCUT2D eigenvalue weighted by Crippen LogP contribution is 2.18. The number of methoxy groups -OCH3 is 1. The van der Waals surface area contributed by atoms with Crippen molar-refractivity contribution in [2.24, 2.45) is 10.7 Å². The molecule has 0 amide bonds. The van der Waals surface area contributed by atoms with E-state index >= 15 is 0 Å². The molecule has 1 heterocycles. The van der Waals surface area contributed by atoms with Gasteiger partial charge in [0, 0.05) is 24.0 Å². The van der Waals surface area contributed by atoms with Crippen LogP contribution in [0.25, 0.3) is 0 Å². The normalized spacial score (nSPS) is 11.9. The van der Waals surface area contributed by atoms with Crippen LogP contribution in [0, 0.1) is 0 Å². The van der Waals surface area contributed by atoms with Gasteiger partial charge in [-0.2, -0.15) is 13.2 Å². The summed E-state index contributed by atoms with van der Waals surface area (Å²) < 4.78 is 46.1. The van der Waals surface area contributed by atoms with Crippen molar-refractivity contribution < 1.29 is 22.6 Å². The fraction of sp³-hybridized carbons (Fsp3) is 0.250. The van der Waals surface area contributed by atoms with Crippen LogP contribution in [0.3, 0.4) is 0 Å². The van der Waals surface area contributed by atoms with Gasteiger partial charge in [-0.25, -0.2) is 9.98 Å². The van der Waals surface area contributed by atoms with Crippen molar-refractivity contribution in [3.05, 3.63) is 48.2 Å². The summed E-state index contributed by atoms with van der Waals surface area (Å²) in [6, 6.07) is 10.1. The number of benzene rings is 1. The van der Waals surface area contributed by atoms with Crippen molar-refractivity contribution in [2.75, 3.05) is 19.0 Å². The van der Waals surface area contributed by atoms with E-state index in [-0.39, 0.29) is 18.4 Å². The molecule has 134 valence electrons. The molecule has 25 heavy (non-hydrogen) atoms. The minimum absolute atomic E-state index is 0.121. The smallest absolute Gasteiger partial charge is 0.422 e. The zero-order valence-electron chi connectivity index (χ0n) is 13.4. The number of hydrogen-bond acceptors (Lipinski definition) is 4. The van der Waals surface area contributed by atoms with Crippen molar-refractivity contribution in [3.63, 3.8) is 0 Å². The second-order valence-corrected chi connectivity index (χ2v) is 4.96. The molecule has 0 saturated carbocycles. The summed E-state index contributed by atoms with van der Waals surface area (Å²) in [5.41, 5.74) is 7.11. The highest BCUT2D eigenvalue weighted by atomic mass is 19.4. The van der Waals surface area contributed by atoms with Crippen molar-refractivity contribution >= 4 is 11.6 Å². The summed E-state index contributed by atoms with van der Waals surface area (Å²) in [5, 5.41) is 2.90. The standard InChI is InChI=1S/C16H17F3N4O2/c1-24-13-4-2-3-12(8-13)23-15(20)22-9-11-5-6-21-14(7-11)25-10-16(17,18)19/h2-8H,9-10H2,1H3,(H3,20,22,23). The predicted octanol–water partition coefficient (Wildman–Crippen LogP) is 2.96. The summed E-state index contributed by atoms with van der Waals surface area (Å²) >= 11 is 0. The number of alkyl halides is 3. The predicted molar refractivity (Wildman–Crippen MR) is 87.7 cm³/mol. The van der Waals surface area contributed by atoms with Crippen LogP contribution in [0.4, 0.5) is 18.9 Å². The largest absolute Gasteiger partial charge is 0.497 e. The van der Waals surface area contributed by atoms with E-state index in [0.717, 1.165) is 0 Å². The molecule has 0 unspecified atom stereocenters. The first-order valence-corrected chi connectivity index (χ1v) is 7.21. The average molecular weight is 354 g/mol. The number of pyridine rings is 1. The fourth-order valence-corrected chi connectivity index (χ4v) is 1.85. The number of aliphatic imine (C=N–C) groups is 1. The molecule has 6 nitrogen and oxygen atoms in total. The van der Waals surface area contributed by atoms with E-state index in [1.165, 1.54) is 12.3 Å². The molecule has 0 aliphatic heterocycles. The highest BCUT2D eigenvalue weighted by Gasteiger charge is 2.28. The Labute approximate surface area is 142 Å². The maximum Gasteiger partial charge on any atom is 0.422 e. The molecule has 0 aliphatic rings. The molecular weight excluding hydrogens is 337 g/mol. The summed E-state index contributed by atoms with van der Waals surface area (Å²) in [7, 11) is 1.55. The Bertz CT molecular complexity index is 735. The Morgan fingerprint density at radius 1 is 1.28 bits per heavy atom. The number of hydrogen-bond donors (Lipinski definition) is 2. The molecule has 0 radical (unpaired) electrons. The lowest BCUT2D eigenvalue weighted by atomic mass is 10.3. The Balaban J connectivity index is 1.95. The van der Waals surface area contributed by atoms with Crippen molar-refractivity contribution in [1.29, 1.82) is 0 Å². The third-order valence-corrected chi connectivity index (χ3v) is 2.96. The number of anilines is 1. The number of halogens is 3. The van der Waals surface area contributed by atoms with Crippen molar-refractivity contribution in [1.82, 2.24) is 4.98 Å². The summed E-state index contributed by atoms with van der Waals surface area (Å²) in [4.78, 5) is 7.86. The molecule has 0 aliphatic carbocycles. The van der Waals surface area contributed by atoms with Crippen LogP contribution in [0.2, 0.25) is 0 Å². The van der Waals surface area contributed by atoms with Gasteiger partial charge in [-0.05, 0) is 23.8 Å². The summed E-state index contributed by atoms with van der Waals surface area (Å²) in [5.74, 6) is 0.700. The first kappa shape index (κ1) is 18.4. The minimum Gasteiger partial charge on any atom is -0.497 e. The van der Waals surface area contributed by atoms with Crippen molar-refractivity contribution in [2.45, 2.75) is 12.7 Å². The van der Waals surface area contributed by atoms with Crippen molar-refractivity contribution in [3.8, 4) is 11.6 Å². The van der Waals surface area contributed by atoms with Crippen LogP contribution < -0.4 is 20.5 Å². The van der Waals surface area contributed by atoms with E-state index in [1.54, 1.807) is 37.4 Å². The Hall–Kier alpha value is -2.97. The number of nitrogens with one attached hydrogen (secondary N) is 1. The number of nitrogens with zero attached hydrogens (tertiary/aromatic N) is 2. The third-order valence-electron chi connectivity index (χ3n) is 2.96. The van der Waals surface area contributed by atoms with Gasteiger partial charge in [-0.3, -0.25) is 0 Å². The lowest BCUT2D eigenvalue weighted by Crippen LogP contribution is -2.22. The third kappa shape index (κ3) is 6.58. The number of aromatic nitrogens is 1. The summed E-state index contributed by atoms with van der Waals surface area (Å²) in [6.07, 6.45) is -3.07. The second kappa shape index (κ2) is 8.22. The van der Waals surface area contributed by atoms with Crippen LogP contribution in [0.15, 0.2) is 47.6 Å². The van der Waals surface area contributed by atoms with Crippen LogP contribution in [-0.2, 0) is 6.54 Å². The maximum absolute atomic E-state index is 12.1. The molecule has 3 N–H and O–H groups in total. The molecule has 1 aromatic heterocycles. The first-order chi connectivity index (χ1) is 11.9. The second-order valence-electron chi connectivity index (χ2n) is 4.96. The fourth-order valence-electron chi connectivity index (χ4n) is 1.85. The monoisotopic (exact) mass is 354 g/mol. The molecule has 2 aromatic rings. The number of guanidine groups is 1. The topological polar surface area (TPSA) is 81.8 Å². The molecule has 0 spiro atoms. The van der Waals surface area contributed by atoms with E-state index in [2.05, 4.69) is 20.0 Å². The van der Waals surface area contributed by atoms with E-state index < -0.39 is 12.8 Å². The first-order valence-electron chi connectivity index (χ1n) is 7.21. The number of rotatable bonds is 6. The van der Waals surface area contributed by atoms with Gasteiger partial charge in [0.15, 0.2) is 12.6 Å². The molecule has 0 bridgehead atoms. The molecular formula is C16H17F3N4O2. The summed E-state index contributed by atoms with van der Waals surface area (Å²) in [6.45, 7) is -1.24. The van der Waals surface area contributed by atoms with Gasteiger partial charge in [-0.15, -0.1) is 0 Å². The zero-order valence-corrected chi connectivity index (χ0v) is 13.4. The van der Waals surface area contributed by atoms with E-state index in [0.29, 0.717) is 17.0 Å². The van der Waals surface area contributed by atoms with Crippen LogP contribution in [0.5, 0.6) is 11.6 Å². The lowest BCUT2D eigenvalue weighted by Gasteiger charge is -2.09. The molecule has 0 fully saturated rings. The molecule has 1 aromatic carbocycles. The van der Waals surface area contributed by atoms with Gasteiger partial charge in [-0.1, -0.05) is 6.07 Å². The minimum atomic E-state index is -4.42. The lowest BCUT2D eigenvalue weighted by molar-refractivity contribution is -0.154. The van der Waals surface area contributed by atoms with E-state index in [1.807, 2.05) is 0 Å². The van der Waals surface area contributed by atoms with Crippen LogP contribution in [-0.4, -0.2) is 30.8 Å². The average Bonchev–Trinajstić information content (AvgIpc) is 2.58. The Morgan fingerprint density at radius 3 is 2.80 bits per heavy atom. The van der Waals surface area contributed by atoms with Gasteiger partial charge in [0.1, 0.15) is 5.75 Å². The van der Waals surface area contributed by atoms with Gasteiger partial charge in [0.25, 0.3) is 0 Å². The quantitative estimate of drug-likeness (QED) is 0.616. The van der Waals surface area contributed by atoms with E-state index in [4.69, 9.17) is 10.5 Å². The van der Waals surface area contributed by atoms with Crippen LogP contribution in [0.1, 0.15) is 5.56 Å². The van der Waals surface area contributed by atoms with E-state index in [9.17, 15) is 13.2 Å². The highest BCUT2D eigenvalue weighted by molar-refractivity contribution is 5.92. The molecule has 0 saturated heterocycles. The number of ether oxygens (including phenoxy) is 2.